The van der Waals surface area contributed by atoms with Crippen molar-refractivity contribution in [2.75, 3.05) is 0 Å². The van der Waals surface area contributed by atoms with E-state index in [4.69, 9.17) is 5.73 Å². The third kappa shape index (κ3) is 3.61. The first kappa shape index (κ1) is 16.0. The number of hydrogen-bond acceptors (Lipinski definition) is 6. The molecular formula is C13H16N6O2S. The number of thioether (sulfide) groups is 1. The zero-order valence-corrected chi connectivity index (χ0v) is 13.2. The lowest BCUT2D eigenvalue weighted by Crippen LogP contribution is -2.39. The lowest BCUT2D eigenvalue weighted by Gasteiger charge is -2.11. The molecule has 1 heterocycles. The van der Waals surface area contributed by atoms with Gasteiger partial charge in [0, 0.05) is 0 Å². The van der Waals surface area contributed by atoms with Gasteiger partial charge in [-0.2, -0.15) is 4.68 Å². The Morgan fingerprint density at radius 1 is 1.36 bits per heavy atom. The standard InChI is InChI=1S/C13H16N6O2S/c1-7-4-5-10(8(2)6-7)19-13(16-17-18-19)22-9(3)11(20)15-12(14)21/h4-6,9H,1-3H3,(H3,14,15,20,21). The van der Waals surface area contributed by atoms with Gasteiger partial charge in [0.25, 0.3) is 0 Å². The molecule has 0 radical (unpaired) electrons. The lowest BCUT2D eigenvalue weighted by molar-refractivity contribution is -0.119. The number of imide groups is 1. The summed E-state index contributed by atoms with van der Waals surface area (Å²) >= 11 is 1.14. The number of primary amides is 1. The Hall–Kier alpha value is -2.42. The number of tetrazole rings is 1. The number of benzene rings is 1. The van der Waals surface area contributed by atoms with Crippen LogP contribution in [-0.2, 0) is 4.79 Å². The van der Waals surface area contributed by atoms with Crippen LogP contribution < -0.4 is 11.1 Å². The summed E-state index contributed by atoms with van der Waals surface area (Å²) in [5.74, 6) is -0.493. The Kier molecular flexibility index (Phi) is 4.76. The zero-order chi connectivity index (χ0) is 16.3. The van der Waals surface area contributed by atoms with E-state index in [1.807, 2.05) is 37.4 Å². The van der Waals surface area contributed by atoms with E-state index >= 15 is 0 Å². The van der Waals surface area contributed by atoms with Crippen molar-refractivity contribution in [3.63, 3.8) is 0 Å². The maximum atomic E-state index is 11.7. The van der Waals surface area contributed by atoms with Crippen LogP contribution in [0.1, 0.15) is 18.1 Å². The van der Waals surface area contributed by atoms with Crippen molar-refractivity contribution in [1.82, 2.24) is 25.5 Å². The summed E-state index contributed by atoms with van der Waals surface area (Å²) in [6.45, 7) is 5.61. The summed E-state index contributed by atoms with van der Waals surface area (Å²) in [6, 6.07) is 5.02. The second-order valence-corrected chi connectivity index (χ2v) is 6.08. The van der Waals surface area contributed by atoms with Crippen molar-refractivity contribution < 1.29 is 9.59 Å². The van der Waals surface area contributed by atoms with Gasteiger partial charge in [0.05, 0.1) is 10.9 Å². The second kappa shape index (κ2) is 6.56. The molecule has 116 valence electrons. The lowest BCUT2D eigenvalue weighted by atomic mass is 10.1. The summed E-state index contributed by atoms with van der Waals surface area (Å²) in [5.41, 5.74) is 7.92. The average molecular weight is 320 g/mol. The van der Waals surface area contributed by atoms with Crippen LogP contribution in [-0.4, -0.2) is 37.4 Å². The number of nitrogens with two attached hydrogens (primary N) is 1. The third-order valence-electron chi connectivity index (χ3n) is 2.92. The topological polar surface area (TPSA) is 116 Å². The predicted octanol–water partition coefficient (Wildman–Crippen LogP) is 0.955. The molecule has 0 aliphatic rings. The normalized spacial score (nSPS) is 12.0. The van der Waals surface area contributed by atoms with Crippen LogP contribution in [0, 0.1) is 13.8 Å². The molecule has 0 bridgehead atoms. The van der Waals surface area contributed by atoms with Crippen molar-refractivity contribution >= 4 is 23.7 Å². The minimum absolute atomic E-state index is 0.457. The predicted molar refractivity (Wildman–Crippen MR) is 81.7 cm³/mol. The molecule has 0 spiro atoms. The molecule has 3 amide bonds. The molecule has 1 unspecified atom stereocenters. The maximum absolute atomic E-state index is 11.7. The number of nitrogens with zero attached hydrogens (tertiary/aromatic N) is 4. The highest BCUT2D eigenvalue weighted by atomic mass is 32.2. The molecule has 0 aliphatic carbocycles. The van der Waals surface area contributed by atoms with Gasteiger partial charge in [-0.3, -0.25) is 10.1 Å². The fraction of sp³-hybridized carbons (Fsp3) is 0.308. The molecule has 0 saturated heterocycles. The van der Waals surface area contributed by atoms with Gasteiger partial charge in [0.2, 0.25) is 11.1 Å². The monoisotopic (exact) mass is 320 g/mol. The van der Waals surface area contributed by atoms with Crippen LogP contribution >= 0.6 is 11.8 Å². The van der Waals surface area contributed by atoms with Crippen LogP contribution in [0.2, 0.25) is 0 Å². The highest BCUT2D eigenvalue weighted by Gasteiger charge is 2.20. The highest BCUT2D eigenvalue weighted by Crippen LogP contribution is 2.24. The first-order valence-electron chi connectivity index (χ1n) is 6.51. The van der Waals surface area contributed by atoms with Crippen molar-refractivity contribution in [3.05, 3.63) is 29.3 Å². The number of aromatic nitrogens is 4. The number of nitrogens with one attached hydrogen (secondary N) is 1. The van der Waals surface area contributed by atoms with E-state index in [9.17, 15) is 9.59 Å². The Labute approximate surface area is 131 Å². The Morgan fingerprint density at radius 2 is 2.09 bits per heavy atom. The molecule has 0 aliphatic heterocycles. The second-order valence-electron chi connectivity index (χ2n) is 4.78. The average Bonchev–Trinajstić information content (AvgIpc) is 2.86. The van der Waals surface area contributed by atoms with Gasteiger partial charge >= 0.3 is 6.03 Å². The fourth-order valence-corrected chi connectivity index (χ4v) is 2.68. The quantitative estimate of drug-likeness (QED) is 0.810. The van der Waals surface area contributed by atoms with E-state index in [-0.39, 0.29) is 0 Å². The van der Waals surface area contributed by atoms with E-state index in [0.717, 1.165) is 28.6 Å². The smallest absolute Gasteiger partial charge is 0.318 e. The van der Waals surface area contributed by atoms with E-state index in [0.29, 0.717) is 5.16 Å². The van der Waals surface area contributed by atoms with Gasteiger partial charge < -0.3 is 5.73 Å². The van der Waals surface area contributed by atoms with Crippen LogP contribution in [0.5, 0.6) is 0 Å². The van der Waals surface area contributed by atoms with Gasteiger partial charge in [-0.15, -0.1) is 5.10 Å². The minimum atomic E-state index is -0.883. The number of hydrogen-bond donors (Lipinski definition) is 2. The molecule has 3 N–H and O–H groups in total. The molecule has 9 heteroatoms. The molecule has 0 saturated carbocycles. The summed E-state index contributed by atoms with van der Waals surface area (Å²) < 4.78 is 1.56. The minimum Gasteiger partial charge on any atom is -0.351 e. The third-order valence-corrected chi connectivity index (χ3v) is 3.95. The van der Waals surface area contributed by atoms with E-state index in [1.54, 1.807) is 11.6 Å². The SMILES string of the molecule is Cc1ccc(-n2nnnc2SC(C)C(=O)NC(N)=O)c(C)c1. The van der Waals surface area contributed by atoms with Gasteiger partial charge in [0.15, 0.2) is 0 Å². The largest absolute Gasteiger partial charge is 0.351 e. The molecule has 1 atom stereocenters. The van der Waals surface area contributed by atoms with Gasteiger partial charge in [-0.05, 0) is 42.8 Å². The molecule has 1 aromatic heterocycles. The fourth-order valence-electron chi connectivity index (χ4n) is 1.88. The number of urea groups is 1. The summed E-state index contributed by atoms with van der Waals surface area (Å²) in [5, 5.41) is 13.5. The Morgan fingerprint density at radius 3 is 2.73 bits per heavy atom. The number of amides is 3. The number of rotatable bonds is 4. The van der Waals surface area contributed by atoms with Gasteiger partial charge in [0.1, 0.15) is 0 Å². The first-order valence-corrected chi connectivity index (χ1v) is 7.39. The molecule has 22 heavy (non-hydrogen) atoms. The van der Waals surface area contributed by atoms with Crippen molar-refractivity contribution in [1.29, 1.82) is 0 Å². The first-order chi connectivity index (χ1) is 10.4. The van der Waals surface area contributed by atoms with Crippen molar-refractivity contribution in [3.8, 4) is 5.69 Å². The number of carbonyl (C=O) groups excluding carboxylic acids is 2. The number of aryl methyl sites for hydroxylation is 2. The van der Waals surface area contributed by atoms with E-state index < -0.39 is 17.2 Å². The summed E-state index contributed by atoms with van der Waals surface area (Å²) in [6.07, 6.45) is 0. The van der Waals surface area contributed by atoms with Crippen LogP contribution in [0.25, 0.3) is 5.69 Å². The molecule has 1 aromatic carbocycles. The Balaban J connectivity index is 2.23. The summed E-state index contributed by atoms with van der Waals surface area (Å²) in [4.78, 5) is 22.4. The number of carbonyl (C=O) groups is 2. The van der Waals surface area contributed by atoms with E-state index in [2.05, 4.69) is 15.5 Å². The highest BCUT2D eigenvalue weighted by molar-refractivity contribution is 8.00. The molecule has 0 fully saturated rings. The van der Waals surface area contributed by atoms with Crippen LogP contribution in [0.3, 0.4) is 0 Å². The van der Waals surface area contributed by atoms with E-state index in [1.165, 1.54) is 0 Å². The van der Waals surface area contributed by atoms with Crippen molar-refractivity contribution in [2.24, 2.45) is 5.73 Å². The molecule has 2 aromatic rings. The Bertz CT molecular complexity index is 714. The van der Waals surface area contributed by atoms with Gasteiger partial charge in [-0.25, -0.2) is 4.79 Å². The van der Waals surface area contributed by atoms with Crippen LogP contribution in [0.4, 0.5) is 4.79 Å². The van der Waals surface area contributed by atoms with Crippen molar-refractivity contribution in [2.45, 2.75) is 31.2 Å². The summed E-state index contributed by atoms with van der Waals surface area (Å²) in [7, 11) is 0. The van der Waals surface area contributed by atoms with Crippen LogP contribution in [0.15, 0.2) is 23.4 Å². The molecule has 2 rings (SSSR count). The maximum Gasteiger partial charge on any atom is 0.318 e. The van der Waals surface area contributed by atoms with Gasteiger partial charge in [-0.1, -0.05) is 29.5 Å². The molecule has 8 nitrogen and oxygen atoms in total. The molecular weight excluding hydrogens is 304 g/mol. The zero-order valence-electron chi connectivity index (χ0n) is 12.4.